The van der Waals surface area contributed by atoms with Gasteiger partial charge in [0.15, 0.2) is 0 Å². The molecule has 0 aliphatic heterocycles. The predicted molar refractivity (Wildman–Crippen MR) is 61.2 cm³/mol. The summed E-state index contributed by atoms with van der Waals surface area (Å²) in [6, 6.07) is -0.341. The molecule has 0 fully saturated rings. The zero-order valence-corrected chi connectivity index (χ0v) is 9.87. The summed E-state index contributed by atoms with van der Waals surface area (Å²) in [5, 5.41) is 2.91. The highest BCUT2D eigenvalue weighted by Crippen LogP contribution is 1.88. The molecule has 0 aliphatic rings. The molecule has 1 atom stereocenters. The van der Waals surface area contributed by atoms with E-state index >= 15 is 0 Å². The van der Waals surface area contributed by atoms with Crippen molar-refractivity contribution in [1.29, 1.82) is 0 Å². The number of rotatable bonds is 4. The third-order valence-electron chi connectivity index (χ3n) is 1.79. The van der Waals surface area contributed by atoms with Crippen LogP contribution in [0, 0.1) is 0 Å². The van der Waals surface area contributed by atoms with Gasteiger partial charge < -0.3 is 10.2 Å². The van der Waals surface area contributed by atoms with Crippen LogP contribution in [0.3, 0.4) is 0 Å². The molecule has 1 unspecified atom stereocenters. The van der Waals surface area contributed by atoms with Gasteiger partial charge in [-0.1, -0.05) is 6.92 Å². The van der Waals surface area contributed by atoms with E-state index in [4.69, 9.17) is 5.84 Å². The van der Waals surface area contributed by atoms with Gasteiger partial charge in [0, 0.05) is 20.6 Å². The molecule has 0 radical (unpaired) electrons. The number of hydrogen-bond donors (Lipinski definition) is 3. The lowest BCUT2D eigenvalue weighted by Gasteiger charge is -2.19. The number of nitrogens with zero attached hydrogens (tertiary/aromatic N) is 2. The second-order valence-corrected chi connectivity index (χ2v) is 3.47. The third-order valence-corrected chi connectivity index (χ3v) is 1.79. The summed E-state index contributed by atoms with van der Waals surface area (Å²) in [6.45, 7) is 4.46. The Morgan fingerprint density at radius 1 is 1.53 bits per heavy atom. The predicted octanol–water partition coefficient (Wildman–Crippen LogP) is -0.718. The normalized spacial score (nSPS) is 13.3. The molecule has 0 bridgehead atoms. The molecule has 0 aromatic carbocycles. The first-order valence-corrected chi connectivity index (χ1v) is 5.01. The van der Waals surface area contributed by atoms with E-state index in [2.05, 4.69) is 15.7 Å². The van der Waals surface area contributed by atoms with E-state index < -0.39 is 0 Å². The van der Waals surface area contributed by atoms with Crippen molar-refractivity contribution in [2.24, 2.45) is 10.8 Å². The average molecular weight is 215 g/mol. The lowest BCUT2D eigenvalue weighted by atomic mass is 10.3. The maximum Gasteiger partial charge on any atom is 0.244 e. The molecule has 6 heteroatoms. The second-order valence-electron chi connectivity index (χ2n) is 3.47. The van der Waals surface area contributed by atoms with Crippen LogP contribution in [0.4, 0.5) is 0 Å². The van der Waals surface area contributed by atoms with Crippen LogP contribution < -0.4 is 16.6 Å². The smallest absolute Gasteiger partial charge is 0.244 e. The number of carbonyl (C=O) groups excluding carboxylic acids is 1. The highest BCUT2D eigenvalue weighted by molar-refractivity contribution is 5.88. The molecule has 0 spiro atoms. The fourth-order valence-corrected chi connectivity index (χ4v) is 1.01. The van der Waals surface area contributed by atoms with Crippen LogP contribution in [-0.4, -0.2) is 43.4 Å². The van der Waals surface area contributed by atoms with Crippen molar-refractivity contribution in [2.75, 3.05) is 20.6 Å². The molecule has 0 heterocycles. The number of nitrogens with one attached hydrogen (secondary N) is 2. The summed E-state index contributed by atoms with van der Waals surface area (Å²) in [5.41, 5.74) is 2.43. The molecule has 0 aromatic heterocycles. The van der Waals surface area contributed by atoms with E-state index in [9.17, 15) is 4.79 Å². The number of hydrogen-bond acceptors (Lipinski definition) is 3. The Morgan fingerprint density at radius 3 is 2.53 bits per heavy atom. The van der Waals surface area contributed by atoms with Gasteiger partial charge in [-0.05, 0) is 13.3 Å². The van der Waals surface area contributed by atoms with E-state index in [0.29, 0.717) is 12.5 Å². The highest BCUT2D eigenvalue weighted by atomic mass is 16.2. The lowest BCUT2D eigenvalue weighted by Crippen LogP contribution is -2.50. The number of carbonyl (C=O) groups is 1. The van der Waals surface area contributed by atoms with Crippen molar-refractivity contribution in [2.45, 2.75) is 26.3 Å². The third kappa shape index (κ3) is 5.21. The molecule has 0 aliphatic carbocycles. The molecule has 1 amide bonds. The van der Waals surface area contributed by atoms with Gasteiger partial charge in [-0.15, -0.1) is 0 Å². The summed E-state index contributed by atoms with van der Waals surface area (Å²) in [6.07, 6.45) is 0.933. The molecule has 4 N–H and O–H groups in total. The Labute approximate surface area is 90.9 Å². The van der Waals surface area contributed by atoms with Crippen LogP contribution in [-0.2, 0) is 4.79 Å². The first-order valence-electron chi connectivity index (χ1n) is 5.01. The van der Waals surface area contributed by atoms with Crippen LogP contribution in [0.5, 0.6) is 0 Å². The second kappa shape index (κ2) is 7.05. The van der Waals surface area contributed by atoms with Crippen molar-refractivity contribution < 1.29 is 4.79 Å². The van der Waals surface area contributed by atoms with Gasteiger partial charge >= 0.3 is 0 Å². The minimum absolute atomic E-state index is 0.0190. The number of aliphatic imine (C=N–C) groups is 1. The van der Waals surface area contributed by atoms with Crippen molar-refractivity contribution in [3.8, 4) is 0 Å². The molecule has 0 rings (SSSR count). The molecule has 0 aromatic rings. The number of likely N-dealkylation sites (N-methyl/N-ethyl adjacent to an activating group) is 1. The van der Waals surface area contributed by atoms with Crippen LogP contribution in [0.1, 0.15) is 20.3 Å². The maximum atomic E-state index is 11.5. The van der Waals surface area contributed by atoms with Gasteiger partial charge in [-0.3, -0.25) is 15.2 Å². The summed E-state index contributed by atoms with van der Waals surface area (Å²) < 4.78 is 0. The monoisotopic (exact) mass is 215 g/mol. The van der Waals surface area contributed by atoms with Crippen molar-refractivity contribution >= 4 is 11.9 Å². The zero-order valence-electron chi connectivity index (χ0n) is 9.87. The Morgan fingerprint density at radius 2 is 2.13 bits per heavy atom. The van der Waals surface area contributed by atoms with E-state index in [0.717, 1.165) is 6.42 Å². The van der Waals surface area contributed by atoms with E-state index in [-0.39, 0.29) is 11.9 Å². The standard InChI is InChI=1S/C9H21N5O/c1-5-6-11-9(13-10)12-7(2)8(15)14(3)4/h7H,5-6,10H2,1-4H3,(H2,11,12,13). The van der Waals surface area contributed by atoms with Gasteiger partial charge in [0.25, 0.3) is 0 Å². The first kappa shape index (κ1) is 13.7. The van der Waals surface area contributed by atoms with Gasteiger partial charge in [-0.2, -0.15) is 0 Å². The van der Waals surface area contributed by atoms with Crippen molar-refractivity contribution in [3.63, 3.8) is 0 Å². The summed E-state index contributed by atoms with van der Waals surface area (Å²) in [5.74, 6) is 5.69. The number of amides is 1. The van der Waals surface area contributed by atoms with Crippen LogP contribution in [0.2, 0.25) is 0 Å². The Balaban J connectivity index is 4.23. The zero-order chi connectivity index (χ0) is 11.8. The lowest BCUT2D eigenvalue weighted by molar-refractivity contribution is -0.130. The average Bonchev–Trinajstić information content (AvgIpc) is 2.22. The van der Waals surface area contributed by atoms with E-state index in [1.54, 1.807) is 21.0 Å². The van der Waals surface area contributed by atoms with E-state index in [1.807, 2.05) is 6.92 Å². The Kier molecular flexibility index (Phi) is 6.44. The number of hydrazine groups is 1. The van der Waals surface area contributed by atoms with Gasteiger partial charge in [0.2, 0.25) is 11.9 Å². The van der Waals surface area contributed by atoms with Crippen molar-refractivity contribution in [3.05, 3.63) is 0 Å². The van der Waals surface area contributed by atoms with Crippen LogP contribution in [0.15, 0.2) is 4.99 Å². The molecule has 15 heavy (non-hydrogen) atoms. The van der Waals surface area contributed by atoms with E-state index in [1.165, 1.54) is 4.90 Å². The molecule has 0 saturated carbocycles. The summed E-state index contributed by atoms with van der Waals surface area (Å²) in [4.78, 5) is 17.2. The first-order chi connectivity index (χ1) is 7.02. The fraction of sp³-hybridized carbons (Fsp3) is 0.778. The highest BCUT2D eigenvalue weighted by Gasteiger charge is 2.15. The largest absolute Gasteiger partial charge is 0.347 e. The minimum atomic E-state index is -0.341. The number of nitrogens with two attached hydrogens (primary N) is 1. The Hall–Kier alpha value is -1.30. The SMILES string of the molecule is CCCN=C(NN)NC(C)C(=O)N(C)C. The minimum Gasteiger partial charge on any atom is -0.347 e. The molecule has 6 nitrogen and oxygen atoms in total. The quantitative estimate of drug-likeness (QED) is 0.250. The summed E-state index contributed by atoms with van der Waals surface area (Å²) >= 11 is 0. The molecule has 88 valence electrons. The maximum absolute atomic E-state index is 11.5. The topological polar surface area (TPSA) is 82.7 Å². The Bertz CT molecular complexity index is 227. The van der Waals surface area contributed by atoms with Crippen LogP contribution >= 0.6 is 0 Å². The number of guanidine groups is 1. The molecular formula is C9H21N5O. The molecule has 0 saturated heterocycles. The summed E-state index contributed by atoms with van der Waals surface area (Å²) in [7, 11) is 3.42. The van der Waals surface area contributed by atoms with Gasteiger partial charge in [0.05, 0.1) is 0 Å². The fourth-order valence-electron chi connectivity index (χ4n) is 1.01. The van der Waals surface area contributed by atoms with Gasteiger partial charge in [-0.25, -0.2) is 5.84 Å². The molecular weight excluding hydrogens is 194 g/mol. The van der Waals surface area contributed by atoms with Gasteiger partial charge in [0.1, 0.15) is 6.04 Å². The van der Waals surface area contributed by atoms with Crippen molar-refractivity contribution in [1.82, 2.24) is 15.6 Å². The van der Waals surface area contributed by atoms with Crippen LogP contribution in [0.25, 0.3) is 0 Å².